The van der Waals surface area contributed by atoms with Crippen molar-refractivity contribution in [3.63, 3.8) is 0 Å². The number of nitrogens with zero attached hydrogens (tertiary/aromatic N) is 2. The molecule has 4 nitrogen and oxygen atoms in total. The minimum atomic E-state index is -0.545. The highest BCUT2D eigenvalue weighted by atomic mass is 32.2. The van der Waals surface area contributed by atoms with Gasteiger partial charge in [-0.15, -0.1) is 11.8 Å². The Morgan fingerprint density at radius 1 is 1.04 bits per heavy atom. The fourth-order valence-corrected chi connectivity index (χ4v) is 3.61. The third-order valence-corrected chi connectivity index (χ3v) is 5.61. The molecule has 5 heteroatoms. The molecule has 0 bridgehead atoms. The van der Waals surface area contributed by atoms with Crippen LogP contribution in [0.2, 0.25) is 0 Å². The van der Waals surface area contributed by atoms with Gasteiger partial charge in [-0.25, -0.2) is 0 Å². The van der Waals surface area contributed by atoms with E-state index in [1.54, 1.807) is 31.7 Å². The monoisotopic (exact) mass is 388 g/mol. The number of imide groups is 1. The van der Waals surface area contributed by atoms with Crippen LogP contribution in [-0.2, 0) is 9.59 Å². The number of hydrogen-bond donors (Lipinski definition) is 0. The predicted octanol–water partition coefficient (Wildman–Crippen LogP) is 4.76. The van der Waals surface area contributed by atoms with E-state index in [1.807, 2.05) is 66.9 Å². The summed E-state index contributed by atoms with van der Waals surface area (Å²) >= 11 is 1.64. The molecule has 0 radical (unpaired) electrons. The molecule has 1 aliphatic heterocycles. The Balaban J connectivity index is 2.08. The molecule has 2 amide bonds. The lowest BCUT2D eigenvalue weighted by Gasteiger charge is -2.32. The van der Waals surface area contributed by atoms with Gasteiger partial charge in [0.2, 0.25) is 0 Å². The average Bonchev–Trinajstić information content (AvgIpc) is 2.72. The van der Waals surface area contributed by atoms with Gasteiger partial charge in [0.15, 0.2) is 0 Å². The highest BCUT2D eigenvalue weighted by Crippen LogP contribution is 2.32. The number of benzene rings is 2. The number of carbonyl (C=O) groups excluding carboxylic acids is 2. The maximum Gasteiger partial charge on any atom is 0.272 e. The zero-order chi connectivity index (χ0) is 20.3. The van der Waals surface area contributed by atoms with Gasteiger partial charge in [0.05, 0.1) is 6.04 Å². The van der Waals surface area contributed by atoms with E-state index in [0.717, 1.165) is 16.0 Å². The number of nitriles is 1. The number of carbonyl (C=O) groups is 2. The SMILES string of the molecule is CSc1ccc(/C=C2/C(=O)N(C(C)c3ccccc3)C(=O)C(C#N)=C2C)cc1. The van der Waals surface area contributed by atoms with Crippen LogP contribution in [0.1, 0.15) is 31.0 Å². The molecule has 3 rings (SSSR count). The molecule has 0 spiro atoms. The van der Waals surface area contributed by atoms with Crippen LogP contribution in [0, 0.1) is 11.3 Å². The van der Waals surface area contributed by atoms with Gasteiger partial charge >= 0.3 is 0 Å². The van der Waals surface area contributed by atoms with Gasteiger partial charge < -0.3 is 0 Å². The van der Waals surface area contributed by atoms with Crippen LogP contribution in [0.4, 0.5) is 0 Å². The second-order valence-electron chi connectivity index (χ2n) is 6.51. The molecule has 2 aromatic rings. The highest BCUT2D eigenvalue weighted by Gasteiger charge is 2.38. The smallest absolute Gasteiger partial charge is 0.269 e. The molecule has 0 saturated carbocycles. The van der Waals surface area contributed by atoms with Crippen molar-refractivity contribution >= 4 is 29.7 Å². The Hall–Kier alpha value is -3.10. The van der Waals surface area contributed by atoms with Gasteiger partial charge in [0.1, 0.15) is 11.6 Å². The molecule has 0 saturated heterocycles. The molecular formula is C23H20N2O2S. The van der Waals surface area contributed by atoms with E-state index >= 15 is 0 Å². The van der Waals surface area contributed by atoms with Crippen molar-refractivity contribution in [3.8, 4) is 6.07 Å². The van der Waals surface area contributed by atoms with Crippen molar-refractivity contribution in [1.29, 1.82) is 5.26 Å². The van der Waals surface area contributed by atoms with Crippen molar-refractivity contribution in [2.75, 3.05) is 6.26 Å². The third kappa shape index (κ3) is 3.64. The van der Waals surface area contributed by atoms with Crippen LogP contribution in [-0.4, -0.2) is 23.0 Å². The van der Waals surface area contributed by atoms with E-state index in [9.17, 15) is 14.9 Å². The molecule has 1 unspecified atom stereocenters. The van der Waals surface area contributed by atoms with Gasteiger partial charge in [0, 0.05) is 10.5 Å². The average molecular weight is 388 g/mol. The zero-order valence-electron chi connectivity index (χ0n) is 16.0. The van der Waals surface area contributed by atoms with Gasteiger partial charge in [-0.05, 0) is 55.0 Å². The number of thioether (sulfide) groups is 1. The normalized spacial score (nSPS) is 17.1. The van der Waals surface area contributed by atoms with Crippen LogP contribution in [0.5, 0.6) is 0 Å². The Bertz CT molecular complexity index is 1010. The fraction of sp³-hybridized carbons (Fsp3) is 0.174. The van der Waals surface area contributed by atoms with Crippen LogP contribution in [0.3, 0.4) is 0 Å². The quantitative estimate of drug-likeness (QED) is 0.430. The standard InChI is InChI=1S/C23H20N2O2S/c1-15-20(13-17-9-11-19(28-3)12-10-17)22(26)25(23(27)21(15)14-24)16(2)18-7-5-4-6-8-18/h4-13,16H,1-3H3/b20-13+. The lowest BCUT2D eigenvalue weighted by atomic mass is 9.91. The van der Waals surface area contributed by atoms with Crippen LogP contribution < -0.4 is 0 Å². The van der Waals surface area contributed by atoms with Gasteiger partial charge in [-0.3, -0.25) is 14.5 Å². The molecule has 140 valence electrons. The topological polar surface area (TPSA) is 61.2 Å². The zero-order valence-corrected chi connectivity index (χ0v) is 16.8. The number of amides is 2. The summed E-state index contributed by atoms with van der Waals surface area (Å²) in [4.78, 5) is 28.4. The van der Waals surface area contributed by atoms with E-state index < -0.39 is 11.9 Å². The summed E-state index contributed by atoms with van der Waals surface area (Å²) < 4.78 is 0. The summed E-state index contributed by atoms with van der Waals surface area (Å²) in [6, 6.07) is 18.7. The molecular weight excluding hydrogens is 368 g/mol. The Kier molecular flexibility index (Phi) is 5.81. The first-order valence-corrected chi connectivity index (χ1v) is 10.1. The van der Waals surface area contributed by atoms with Crippen molar-refractivity contribution < 1.29 is 9.59 Å². The summed E-state index contributed by atoms with van der Waals surface area (Å²) in [5.41, 5.74) is 2.48. The molecule has 0 aliphatic carbocycles. The van der Waals surface area contributed by atoms with Gasteiger partial charge in [0.25, 0.3) is 11.8 Å². The minimum Gasteiger partial charge on any atom is -0.269 e. The van der Waals surface area contributed by atoms with E-state index in [2.05, 4.69) is 0 Å². The van der Waals surface area contributed by atoms with Crippen molar-refractivity contribution in [2.45, 2.75) is 24.8 Å². The fourth-order valence-electron chi connectivity index (χ4n) is 3.20. The van der Waals surface area contributed by atoms with E-state index in [0.29, 0.717) is 11.1 Å². The maximum absolute atomic E-state index is 13.2. The highest BCUT2D eigenvalue weighted by molar-refractivity contribution is 7.98. The van der Waals surface area contributed by atoms with Crippen LogP contribution in [0.25, 0.3) is 6.08 Å². The Morgan fingerprint density at radius 3 is 2.25 bits per heavy atom. The first kappa shape index (κ1) is 19.7. The predicted molar refractivity (Wildman–Crippen MR) is 111 cm³/mol. The second kappa shape index (κ2) is 8.28. The van der Waals surface area contributed by atoms with Gasteiger partial charge in [-0.1, -0.05) is 42.5 Å². The van der Waals surface area contributed by atoms with Crippen molar-refractivity contribution in [1.82, 2.24) is 4.90 Å². The summed E-state index contributed by atoms with van der Waals surface area (Å²) in [6.07, 6.45) is 3.74. The molecule has 0 fully saturated rings. The lowest BCUT2D eigenvalue weighted by molar-refractivity contribution is -0.143. The summed E-state index contributed by atoms with van der Waals surface area (Å²) in [5, 5.41) is 9.54. The molecule has 1 aliphatic rings. The largest absolute Gasteiger partial charge is 0.272 e. The van der Waals surface area contributed by atoms with Crippen molar-refractivity contribution in [2.24, 2.45) is 0 Å². The van der Waals surface area contributed by atoms with Crippen molar-refractivity contribution in [3.05, 3.63) is 82.4 Å². The maximum atomic E-state index is 13.2. The second-order valence-corrected chi connectivity index (χ2v) is 7.39. The Morgan fingerprint density at radius 2 is 1.68 bits per heavy atom. The molecule has 28 heavy (non-hydrogen) atoms. The molecule has 2 aromatic carbocycles. The van der Waals surface area contributed by atoms with Gasteiger partial charge in [-0.2, -0.15) is 5.26 Å². The number of rotatable bonds is 4. The number of hydrogen-bond acceptors (Lipinski definition) is 4. The third-order valence-electron chi connectivity index (χ3n) is 4.87. The van der Waals surface area contributed by atoms with Crippen LogP contribution >= 0.6 is 11.8 Å². The summed E-state index contributed by atoms with van der Waals surface area (Å²) in [7, 11) is 0. The summed E-state index contributed by atoms with van der Waals surface area (Å²) in [6.45, 7) is 3.45. The van der Waals surface area contributed by atoms with E-state index in [4.69, 9.17) is 0 Å². The molecule has 0 N–H and O–H groups in total. The molecule has 0 aromatic heterocycles. The van der Waals surface area contributed by atoms with Crippen LogP contribution in [0.15, 0.2) is 76.2 Å². The van der Waals surface area contributed by atoms with E-state index in [1.165, 1.54) is 4.90 Å². The molecule has 1 atom stereocenters. The molecule has 1 heterocycles. The first-order chi connectivity index (χ1) is 13.5. The summed E-state index contributed by atoms with van der Waals surface area (Å²) in [5.74, 6) is -0.928. The Labute approximate surface area is 169 Å². The van der Waals surface area contributed by atoms with E-state index in [-0.39, 0.29) is 11.5 Å². The lowest BCUT2D eigenvalue weighted by Crippen LogP contribution is -2.44. The first-order valence-electron chi connectivity index (χ1n) is 8.88. The minimum absolute atomic E-state index is 0.00867.